The number of pyridine rings is 1. The molecule has 0 amide bonds. The summed E-state index contributed by atoms with van der Waals surface area (Å²) in [7, 11) is 1.29. The molecule has 3 nitrogen and oxygen atoms in total. The molecule has 1 rings (SSSR count). The Morgan fingerprint density at radius 2 is 2.46 bits per heavy atom. The first-order chi connectivity index (χ1) is 6.13. The SMILES string of the molecule is COC(=O)Cc1cc(F)ncc1Br. The molecule has 0 fully saturated rings. The lowest BCUT2D eigenvalue weighted by Gasteiger charge is -2.01. The molecule has 0 radical (unpaired) electrons. The summed E-state index contributed by atoms with van der Waals surface area (Å²) in [6, 6.07) is 1.20. The third kappa shape index (κ3) is 2.77. The number of hydrogen-bond acceptors (Lipinski definition) is 3. The Bertz CT molecular complexity index is 330. The van der Waals surface area contributed by atoms with E-state index in [0.29, 0.717) is 10.0 Å². The fourth-order valence-electron chi connectivity index (χ4n) is 0.814. The van der Waals surface area contributed by atoms with Gasteiger partial charge in [-0.25, -0.2) is 4.98 Å². The van der Waals surface area contributed by atoms with Crippen molar-refractivity contribution in [3.63, 3.8) is 0 Å². The van der Waals surface area contributed by atoms with E-state index in [1.165, 1.54) is 19.4 Å². The van der Waals surface area contributed by atoms with E-state index in [4.69, 9.17) is 0 Å². The second-order valence-electron chi connectivity index (χ2n) is 2.35. The van der Waals surface area contributed by atoms with Crippen molar-refractivity contribution < 1.29 is 13.9 Å². The van der Waals surface area contributed by atoms with Crippen molar-refractivity contribution in [1.82, 2.24) is 4.98 Å². The van der Waals surface area contributed by atoms with Gasteiger partial charge < -0.3 is 4.74 Å². The number of hydrogen-bond donors (Lipinski definition) is 0. The maximum atomic E-state index is 12.6. The number of rotatable bonds is 2. The van der Waals surface area contributed by atoms with Crippen molar-refractivity contribution in [3.05, 3.63) is 28.2 Å². The van der Waals surface area contributed by atoms with Gasteiger partial charge >= 0.3 is 5.97 Å². The van der Waals surface area contributed by atoms with Crippen LogP contribution >= 0.6 is 15.9 Å². The third-order valence-corrected chi connectivity index (χ3v) is 2.18. The largest absolute Gasteiger partial charge is 0.469 e. The highest BCUT2D eigenvalue weighted by molar-refractivity contribution is 9.10. The minimum absolute atomic E-state index is 0.0382. The number of methoxy groups -OCH3 is 1. The van der Waals surface area contributed by atoms with Gasteiger partial charge in [0.05, 0.1) is 13.5 Å². The molecule has 1 heterocycles. The van der Waals surface area contributed by atoms with Gasteiger partial charge in [0.2, 0.25) is 5.95 Å². The van der Waals surface area contributed by atoms with Gasteiger partial charge in [-0.2, -0.15) is 4.39 Å². The minimum atomic E-state index is -0.609. The molecule has 0 aliphatic heterocycles. The van der Waals surface area contributed by atoms with E-state index in [1.54, 1.807) is 0 Å². The Labute approximate surface area is 83.1 Å². The number of esters is 1. The molecule has 0 aromatic carbocycles. The molecule has 70 valence electrons. The molecule has 0 aliphatic rings. The summed E-state index contributed by atoms with van der Waals surface area (Å²) in [5.74, 6) is -1.02. The summed E-state index contributed by atoms with van der Waals surface area (Å²) in [4.78, 5) is 14.3. The average Bonchev–Trinajstić information content (AvgIpc) is 2.11. The minimum Gasteiger partial charge on any atom is -0.469 e. The molecule has 0 atom stereocenters. The number of carbonyl (C=O) groups is 1. The fraction of sp³-hybridized carbons (Fsp3) is 0.250. The van der Waals surface area contributed by atoms with Gasteiger partial charge in [-0.1, -0.05) is 0 Å². The van der Waals surface area contributed by atoms with Gasteiger partial charge in [0.1, 0.15) is 0 Å². The van der Waals surface area contributed by atoms with E-state index in [1.807, 2.05) is 0 Å². The van der Waals surface area contributed by atoms with Crippen LogP contribution in [0.4, 0.5) is 4.39 Å². The van der Waals surface area contributed by atoms with Crippen LogP contribution in [0.1, 0.15) is 5.56 Å². The fourth-order valence-corrected chi connectivity index (χ4v) is 1.17. The highest BCUT2D eigenvalue weighted by Gasteiger charge is 2.08. The zero-order chi connectivity index (χ0) is 9.84. The van der Waals surface area contributed by atoms with Crippen LogP contribution in [0.5, 0.6) is 0 Å². The summed E-state index contributed by atoms with van der Waals surface area (Å²) >= 11 is 3.15. The molecular formula is C8H7BrFNO2. The lowest BCUT2D eigenvalue weighted by molar-refractivity contribution is -0.139. The molecule has 0 aliphatic carbocycles. The predicted octanol–water partition coefficient (Wildman–Crippen LogP) is 1.70. The van der Waals surface area contributed by atoms with Gasteiger partial charge in [-0.05, 0) is 27.6 Å². The topological polar surface area (TPSA) is 39.2 Å². The van der Waals surface area contributed by atoms with Crippen LogP contribution < -0.4 is 0 Å². The van der Waals surface area contributed by atoms with E-state index in [-0.39, 0.29) is 6.42 Å². The summed E-state index contributed by atoms with van der Waals surface area (Å²) < 4.78 is 17.7. The van der Waals surface area contributed by atoms with Gasteiger partial charge in [0.25, 0.3) is 0 Å². The van der Waals surface area contributed by atoms with Crippen LogP contribution in [0, 0.1) is 5.95 Å². The standard InChI is InChI=1S/C8H7BrFNO2/c1-13-8(12)3-5-2-7(10)11-4-6(5)9/h2,4H,3H2,1H3. The Balaban J connectivity index is 2.87. The van der Waals surface area contributed by atoms with E-state index >= 15 is 0 Å². The van der Waals surface area contributed by atoms with Crippen LogP contribution in [-0.4, -0.2) is 18.1 Å². The number of halogens is 2. The van der Waals surface area contributed by atoms with Crippen molar-refractivity contribution >= 4 is 21.9 Å². The Morgan fingerprint density at radius 3 is 3.08 bits per heavy atom. The van der Waals surface area contributed by atoms with Gasteiger partial charge in [-0.3, -0.25) is 4.79 Å². The number of nitrogens with zero attached hydrogens (tertiary/aromatic N) is 1. The first-order valence-corrected chi connectivity index (χ1v) is 4.29. The van der Waals surface area contributed by atoms with Gasteiger partial charge in [0, 0.05) is 10.7 Å². The third-order valence-electron chi connectivity index (χ3n) is 1.46. The van der Waals surface area contributed by atoms with E-state index in [0.717, 1.165) is 0 Å². The zero-order valence-corrected chi connectivity index (χ0v) is 8.47. The molecule has 0 saturated heterocycles. The van der Waals surface area contributed by atoms with E-state index < -0.39 is 11.9 Å². The molecule has 0 N–H and O–H groups in total. The predicted molar refractivity (Wildman–Crippen MR) is 47.6 cm³/mol. The molecule has 5 heteroatoms. The Hall–Kier alpha value is -0.970. The summed E-state index contributed by atoms with van der Waals surface area (Å²) in [5.41, 5.74) is 0.527. The quantitative estimate of drug-likeness (QED) is 0.590. The Kier molecular flexibility index (Phi) is 3.36. The highest BCUT2D eigenvalue weighted by Crippen LogP contribution is 2.16. The van der Waals surface area contributed by atoms with Crippen LogP contribution in [-0.2, 0) is 16.0 Å². The normalized spacial score (nSPS) is 9.77. The first-order valence-electron chi connectivity index (χ1n) is 3.50. The highest BCUT2D eigenvalue weighted by atomic mass is 79.9. The molecule has 0 spiro atoms. The van der Waals surface area contributed by atoms with Crippen molar-refractivity contribution in [2.75, 3.05) is 7.11 Å². The maximum absolute atomic E-state index is 12.6. The lowest BCUT2D eigenvalue weighted by Crippen LogP contribution is -2.05. The molecule has 1 aromatic rings. The number of carbonyl (C=O) groups excluding carboxylic acids is 1. The molecular weight excluding hydrogens is 241 g/mol. The van der Waals surface area contributed by atoms with Crippen LogP contribution in [0.3, 0.4) is 0 Å². The second-order valence-corrected chi connectivity index (χ2v) is 3.21. The second kappa shape index (κ2) is 4.32. The maximum Gasteiger partial charge on any atom is 0.310 e. The van der Waals surface area contributed by atoms with Crippen LogP contribution in [0.15, 0.2) is 16.7 Å². The Morgan fingerprint density at radius 1 is 1.77 bits per heavy atom. The summed E-state index contributed by atoms with van der Waals surface area (Å²) in [6.45, 7) is 0. The number of ether oxygens (including phenoxy) is 1. The van der Waals surface area contributed by atoms with Crippen molar-refractivity contribution in [1.29, 1.82) is 0 Å². The van der Waals surface area contributed by atoms with Crippen LogP contribution in [0.25, 0.3) is 0 Å². The lowest BCUT2D eigenvalue weighted by atomic mass is 10.2. The van der Waals surface area contributed by atoms with Crippen molar-refractivity contribution in [2.24, 2.45) is 0 Å². The van der Waals surface area contributed by atoms with E-state index in [2.05, 4.69) is 25.7 Å². The molecule has 0 unspecified atom stereocenters. The average molecular weight is 248 g/mol. The molecule has 0 bridgehead atoms. The number of aromatic nitrogens is 1. The smallest absolute Gasteiger partial charge is 0.310 e. The van der Waals surface area contributed by atoms with Crippen LogP contribution in [0.2, 0.25) is 0 Å². The zero-order valence-electron chi connectivity index (χ0n) is 6.88. The summed E-state index contributed by atoms with van der Waals surface area (Å²) in [6.07, 6.45) is 1.35. The van der Waals surface area contributed by atoms with E-state index in [9.17, 15) is 9.18 Å². The van der Waals surface area contributed by atoms with Crippen molar-refractivity contribution in [3.8, 4) is 0 Å². The molecule has 1 aromatic heterocycles. The molecule has 0 saturated carbocycles. The molecule has 13 heavy (non-hydrogen) atoms. The van der Waals surface area contributed by atoms with Gasteiger partial charge in [-0.15, -0.1) is 0 Å². The summed E-state index contributed by atoms with van der Waals surface area (Å²) in [5, 5.41) is 0. The first kappa shape index (κ1) is 10.1. The monoisotopic (exact) mass is 247 g/mol. The van der Waals surface area contributed by atoms with Gasteiger partial charge in [0.15, 0.2) is 0 Å². The van der Waals surface area contributed by atoms with Crippen molar-refractivity contribution in [2.45, 2.75) is 6.42 Å².